The van der Waals surface area contributed by atoms with Crippen molar-refractivity contribution in [2.24, 2.45) is 0 Å². The third kappa shape index (κ3) is 2.80. The monoisotopic (exact) mass is 323 g/mol. The molecule has 1 atom stereocenters. The van der Waals surface area contributed by atoms with Gasteiger partial charge in [0.25, 0.3) is 0 Å². The molecular formula is C19H21N3S. The molecule has 0 radical (unpaired) electrons. The summed E-state index contributed by atoms with van der Waals surface area (Å²) in [6.07, 6.45) is 3.44. The summed E-state index contributed by atoms with van der Waals surface area (Å²) in [6, 6.07) is 10.7. The Hall–Kier alpha value is -2.04. The Morgan fingerprint density at radius 2 is 2.30 bits per heavy atom. The molecule has 0 spiro atoms. The maximum absolute atomic E-state index is 4.13. The van der Waals surface area contributed by atoms with Gasteiger partial charge in [-0.2, -0.15) is 0 Å². The fourth-order valence-electron chi connectivity index (χ4n) is 3.44. The highest BCUT2D eigenvalue weighted by Gasteiger charge is 2.23. The largest absolute Gasteiger partial charge is 0.361 e. The molecule has 0 bridgehead atoms. The maximum Gasteiger partial charge on any atom is 0.0499 e. The van der Waals surface area contributed by atoms with Gasteiger partial charge in [-0.1, -0.05) is 18.7 Å². The number of likely N-dealkylation sites (tertiary alicyclic amines) is 1. The van der Waals surface area contributed by atoms with E-state index >= 15 is 0 Å². The lowest BCUT2D eigenvalue weighted by Gasteiger charge is -2.10. The summed E-state index contributed by atoms with van der Waals surface area (Å²) < 4.78 is 0. The number of anilines is 1. The van der Waals surface area contributed by atoms with Crippen LogP contribution >= 0.6 is 11.3 Å². The molecule has 4 heteroatoms. The highest BCUT2D eigenvalue weighted by atomic mass is 32.1. The van der Waals surface area contributed by atoms with Crippen LogP contribution in [0.3, 0.4) is 0 Å². The molecule has 1 saturated heterocycles. The molecule has 0 aliphatic carbocycles. The van der Waals surface area contributed by atoms with Crippen molar-refractivity contribution in [3.05, 3.63) is 58.9 Å². The third-order valence-corrected chi connectivity index (χ3v) is 5.59. The Bertz CT molecular complexity index is 832. The van der Waals surface area contributed by atoms with Crippen LogP contribution in [0.2, 0.25) is 0 Å². The number of nitrogens with one attached hydrogen (secondary N) is 2. The van der Waals surface area contributed by atoms with Crippen molar-refractivity contribution in [3.63, 3.8) is 0 Å². The SMILES string of the molecule is C=C(Nc1ccc2c(C3CCN(C)C3)c[nH]c2c1)c1cccs1. The minimum atomic E-state index is 0.647. The van der Waals surface area contributed by atoms with E-state index in [1.54, 1.807) is 11.3 Å². The molecule has 23 heavy (non-hydrogen) atoms. The Morgan fingerprint density at radius 3 is 3.04 bits per heavy atom. The summed E-state index contributed by atoms with van der Waals surface area (Å²) >= 11 is 1.70. The van der Waals surface area contributed by atoms with Crippen molar-refractivity contribution in [3.8, 4) is 0 Å². The Morgan fingerprint density at radius 1 is 1.39 bits per heavy atom. The van der Waals surface area contributed by atoms with Crippen molar-refractivity contribution in [2.75, 3.05) is 25.5 Å². The zero-order valence-electron chi connectivity index (χ0n) is 13.3. The predicted molar refractivity (Wildman–Crippen MR) is 100 cm³/mol. The van der Waals surface area contributed by atoms with Crippen LogP contribution in [-0.2, 0) is 0 Å². The zero-order chi connectivity index (χ0) is 15.8. The van der Waals surface area contributed by atoms with Crippen LogP contribution in [0.4, 0.5) is 5.69 Å². The van der Waals surface area contributed by atoms with Crippen molar-refractivity contribution in [2.45, 2.75) is 12.3 Å². The first-order chi connectivity index (χ1) is 11.2. The first-order valence-electron chi connectivity index (χ1n) is 8.00. The van der Waals surface area contributed by atoms with E-state index in [1.165, 1.54) is 34.3 Å². The molecule has 1 aliphatic rings. The summed E-state index contributed by atoms with van der Waals surface area (Å²) in [5, 5.41) is 6.83. The van der Waals surface area contributed by atoms with Gasteiger partial charge in [-0.25, -0.2) is 0 Å². The molecular weight excluding hydrogens is 302 g/mol. The van der Waals surface area contributed by atoms with Crippen LogP contribution in [-0.4, -0.2) is 30.0 Å². The van der Waals surface area contributed by atoms with Gasteiger partial charge in [0.15, 0.2) is 0 Å². The molecule has 0 saturated carbocycles. The maximum atomic E-state index is 4.13. The van der Waals surface area contributed by atoms with Crippen LogP contribution in [0.1, 0.15) is 22.8 Å². The summed E-state index contributed by atoms with van der Waals surface area (Å²) in [5.41, 5.74) is 4.67. The lowest BCUT2D eigenvalue weighted by atomic mass is 9.98. The van der Waals surface area contributed by atoms with Gasteiger partial charge < -0.3 is 15.2 Å². The lowest BCUT2D eigenvalue weighted by Crippen LogP contribution is -2.13. The molecule has 1 aliphatic heterocycles. The van der Waals surface area contributed by atoms with Gasteiger partial charge in [0, 0.05) is 39.9 Å². The molecule has 3 nitrogen and oxygen atoms in total. The number of benzene rings is 1. The minimum absolute atomic E-state index is 0.647. The molecule has 1 unspecified atom stereocenters. The van der Waals surface area contributed by atoms with Gasteiger partial charge in [-0.15, -0.1) is 11.3 Å². The second-order valence-corrected chi connectivity index (χ2v) is 7.28. The average Bonchev–Trinajstić information content (AvgIpc) is 3.26. The molecule has 4 rings (SSSR count). The molecule has 0 amide bonds. The standard InChI is InChI=1S/C19H21N3S/c1-13(19-4-3-9-23-19)21-15-5-6-16-17(11-20-18(16)10-15)14-7-8-22(2)12-14/h3-6,9-11,14,20-21H,1,7-8,12H2,2H3. The Kier molecular flexibility index (Phi) is 3.71. The number of fused-ring (bicyclic) bond motifs is 1. The Labute approximate surface area is 140 Å². The number of aromatic nitrogens is 1. The summed E-state index contributed by atoms with van der Waals surface area (Å²) in [5.74, 6) is 0.647. The number of hydrogen-bond acceptors (Lipinski definition) is 3. The van der Waals surface area contributed by atoms with Gasteiger partial charge in [0.2, 0.25) is 0 Å². The van der Waals surface area contributed by atoms with Crippen molar-refractivity contribution >= 4 is 33.6 Å². The number of thiophene rings is 1. The van der Waals surface area contributed by atoms with E-state index < -0.39 is 0 Å². The van der Waals surface area contributed by atoms with E-state index in [0.717, 1.165) is 17.9 Å². The number of hydrogen-bond donors (Lipinski definition) is 2. The van der Waals surface area contributed by atoms with Crippen LogP contribution in [0.5, 0.6) is 0 Å². The van der Waals surface area contributed by atoms with E-state index in [-0.39, 0.29) is 0 Å². The van der Waals surface area contributed by atoms with E-state index in [4.69, 9.17) is 0 Å². The molecule has 2 aromatic heterocycles. The molecule has 1 aromatic carbocycles. The normalized spacial score (nSPS) is 18.6. The number of likely N-dealkylation sites (N-methyl/N-ethyl adjacent to an activating group) is 1. The van der Waals surface area contributed by atoms with Gasteiger partial charge >= 0.3 is 0 Å². The molecule has 3 heterocycles. The molecule has 3 aromatic rings. The molecule has 118 valence electrons. The number of rotatable bonds is 4. The smallest absolute Gasteiger partial charge is 0.0499 e. The quantitative estimate of drug-likeness (QED) is 0.727. The van der Waals surface area contributed by atoms with Crippen LogP contribution < -0.4 is 5.32 Å². The number of nitrogens with zero attached hydrogens (tertiary/aromatic N) is 1. The average molecular weight is 323 g/mol. The predicted octanol–water partition coefficient (Wildman–Crippen LogP) is 4.73. The topological polar surface area (TPSA) is 31.1 Å². The van der Waals surface area contributed by atoms with Crippen LogP contribution in [0.25, 0.3) is 16.6 Å². The van der Waals surface area contributed by atoms with E-state index in [2.05, 4.69) is 64.7 Å². The molecule has 1 fully saturated rings. The summed E-state index contributed by atoms with van der Waals surface area (Å²) in [6.45, 7) is 6.48. The highest BCUT2D eigenvalue weighted by Crippen LogP contribution is 2.33. The zero-order valence-corrected chi connectivity index (χ0v) is 14.1. The second kappa shape index (κ2) is 5.87. The van der Waals surface area contributed by atoms with E-state index in [0.29, 0.717) is 5.92 Å². The third-order valence-electron chi connectivity index (χ3n) is 4.66. The van der Waals surface area contributed by atoms with Gasteiger partial charge in [0.05, 0.1) is 0 Å². The van der Waals surface area contributed by atoms with E-state index in [1.807, 2.05) is 6.07 Å². The van der Waals surface area contributed by atoms with Crippen molar-refractivity contribution in [1.82, 2.24) is 9.88 Å². The number of aromatic amines is 1. The second-order valence-electron chi connectivity index (χ2n) is 6.33. The Balaban J connectivity index is 1.58. The molecule has 2 N–H and O–H groups in total. The fraction of sp³-hybridized carbons (Fsp3) is 0.263. The summed E-state index contributed by atoms with van der Waals surface area (Å²) in [7, 11) is 2.20. The lowest BCUT2D eigenvalue weighted by molar-refractivity contribution is 0.412. The van der Waals surface area contributed by atoms with E-state index in [9.17, 15) is 0 Å². The van der Waals surface area contributed by atoms with Crippen LogP contribution in [0.15, 0.2) is 48.5 Å². The first kappa shape index (κ1) is 14.5. The number of H-pyrrole nitrogens is 1. The van der Waals surface area contributed by atoms with Gasteiger partial charge in [-0.05, 0) is 55.1 Å². The van der Waals surface area contributed by atoms with Gasteiger partial charge in [0.1, 0.15) is 0 Å². The van der Waals surface area contributed by atoms with Gasteiger partial charge in [-0.3, -0.25) is 0 Å². The minimum Gasteiger partial charge on any atom is -0.361 e. The van der Waals surface area contributed by atoms with Crippen LogP contribution in [0, 0.1) is 0 Å². The fourth-order valence-corrected chi connectivity index (χ4v) is 4.09. The van der Waals surface area contributed by atoms with Crippen molar-refractivity contribution < 1.29 is 0 Å². The summed E-state index contributed by atoms with van der Waals surface area (Å²) in [4.78, 5) is 7.02. The van der Waals surface area contributed by atoms with Crippen molar-refractivity contribution in [1.29, 1.82) is 0 Å². The highest BCUT2D eigenvalue weighted by molar-refractivity contribution is 7.11. The first-order valence-corrected chi connectivity index (χ1v) is 8.88.